The summed E-state index contributed by atoms with van der Waals surface area (Å²) in [5.74, 6) is -0.473. The second-order valence-corrected chi connectivity index (χ2v) is 5.39. The van der Waals surface area contributed by atoms with E-state index in [0.29, 0.717) is 0 Å². The summed E-state index contributed by atoms with van der Waals surface area (Å²) >= 11 is 0. The summed E-state index contributed by atoms with van der Waals surface area (Å²) in [5.41, 5.74) is 0.0541. The normalized spacial score (nSPS) is 24.0. The van der Waals surface area contributed by atoms with Gasteiger partial charge in [0.15, 0.2) is 0 Å². The number of carbonyl (C=O) groups excluding carboxylic acids is 1. The van der Waals surface area contributed by atoms with Gasteiger partial charge in [-0.2, -0.15) is 0 Å². The quantitative estimate of drug-likeness (QED) is 0.704. The highest BCUT2D eigenvalue weighted by Crippen LogP contribution is 2.33. The van der Waals surface area contributed by atoms with E-state index in [1.54, 1.807) is 0 Å². The van der Waals surface area contributed by atoms with Crippen molar-refractivity contribution < 1.29 is 27.4 Å². The number of methoxy groups -OCH3 is 3. The summed E-state index contributed by atoms with van der Waals surface area (Å²) in [6, 6.07) is 0. The van der Waals surface area contributed by atoms with E-state index in [-0.39, 0.29) is 17.8 Å². The molecule has 1 rings (SSSR count). The number of hydrogen-bond acceptors (Lipinski definition) is 6. The van der Waals surface area contributed by atoms with Crippen molar-refractivity contribution in [3.8, 4) is 0 Å². The Morgan fingerprint density at radius 1 is 1.39 bits per heavy atom. The van der Waals surface area contributed by atoms with Crippen LogP contribution in [0.25, 0.3) is 0 Å². The van der Waals surface area contributed by atoms with Gasteiger partial charge < -0.3 is 14.2 Å². The Bertz CT molecular complexity index is 506. The van der Waals surface area contributed by atoms with Gasteiger partial charge in [-0.3, -0.25) is 0 Å². The first-order valence-corrected chi connectivity index (χ1v) is 6.48. The molecular formula is C10H15NO6S. The number of carbonyl (C=O) groups is 1. The van der Waals surface area contributed by atoms with E-state index in [2.05, 4.69) is 4.74 Å². The van der Waals surface area contributed by atoms with Crippen LogP contribution in [-0.4, -0.2) is 40.6 Å². The van der Waals surface area contributed by atoms with Crippen molar-refractivity contribution in [3.63, 3.8) is 0 Å². The van der Waals surface area contributed by atoms with Gasteiger partial charge >= 0.3 is 5.97 Å². The van der Waals surface area contributed by atoms with Gasteiger partial charge in [-0.05, 0) is 12.2 Å². The van der Waals surface area contributed by atoms with Crippen LogP contribution in [0.3, 0.4) is 0 Å². The van der Waals surface area contributed by atoms with Crippen LogP contribution in [0.1, 0.15) is 6.42 Å². The highest BCUT2D eigenvalue weighted by atomic mass is 32.2. The first-order valence-electron chi connectivity index (χ1n) is 4.93. The van der Waals surface area contributed by atoms with E-state index in [4.69, 9.17) is 14.6 Å². The minimum atomic E-state index is -4.05. The molecule has 18 heavy (non-hydrogen) atoms. The van der Waals surface area contributed by atoms with Crippen LogP contribution in [0, 0.1) is 0 Å². The van der Waals surface area contributed by atoms with Crippen LogP contribution in [0.5, 0.6) is 0 Å². The van der Waals surface area contributed by atoms with E-state index in [0.717, 1.165) is 0 Å². The summed E-state index contributed by atoms with van der Waals surface area (Å²) in [6.45, 7) is 0. The molecule has 0 amide bonds. The zero-order valence-corrected chi connectivity index (χ0v) is 11.1. The first kappa shape index (κ1) is 14.7. The van der Waals surface area contributed by atoms with Gasteiger partial charge in [0.05, 0.1) is 19.8 Å². The van der Waals surface area contributed by atoms with Crippen molar-refractivity contribution in [1.82, 2.24) is 0 Å². The molecule has 1 aliphatic rings. The number of rotatable bonds is 4. The molecule has 0 aromatic heterocycles. The number of allylic oxidation sites excluding steroid dienone is 1. The molecule has 0 bridgehead atoms. The van der Waals surface area contributed by atoms with E-state index in [1.807, 2.05) is 0 Å². The lowest BCUT2D eigenvalue weighted by atomic mass is 10.0. The average Bonchev–Trinajstić information content (AvgIpc) is 2.35. The van der Waals surface area contributed by atoms with E-state index >= 15 is 0 Å². The van der Waals surface area contributed by atoms with Crippen molar-refractivity contribution >= 4 is 16.0 Å². The van der Waals surface area contributed by atoms with Gasteiger partial charge in [-0.15, -0.1) is 0 Å². The van der Waals surface area contributed by atoms with Crippen molar-refractivity contribution in [2.24, 2.45) is 5.14 Å². The molecule has 1 atom stereocenters. The predicted octanol–water partition coefficient (Wildman–Crippen LogP) is -0.349. The van der Waals surface area contributed by atoms with Gasteiger partial charge in [0.25, 0.3) is 0 Å². The van der Waals surface area contributed by atoms with Crippen LogP contribution in [0.15, 0.2) is 23.5 Å². The Labute approximate surface area is 105 Å². The second kappa shape index (κ2) is 5.09. The van der Waals surface area contributed by atoms with Crippen LogP contribution in [0.2, 0.25) is 0 Å². The fraction of sp³-hybridized carbons (Fsp3) is 0.500. The van der Waals surface area contributed by atoms with E-state index < -0.39 is 20.9 Å². The topological polar surface area (TPSA) is 105 Å². The van der Waals surface area contributed by atoms with Crippen LogP contribution < -0.4 is 5.14 Å². The maximum Gasteiger partial charge on any atom is 0.337 e. The highest BCUT2D eigenvalue weighted by molar-refractivity contribution is 7.90. The SMILES string of the molecule is COC(=O)C1=C(OC)C=C[C@](OC)(S(N)(=O)=O)C1. The Balaban J connectivity index is 3.29. The van der Waals surface area contributed by atoms with Gasteiger partial charge in [0.1, 0.15) is 5.76 Å². The minimum absolute atomic E-state index is 0.0541. The monoisotopic (exact) mass is 277 g/mol. The number of hydrogen-bond donors (Lipinski definition) is 1. The zero-order chi connectivity index (χ0) is 14.0. The fourth-order valence-corrected chi connectivity index (χ4v) is 2.47. The molecule has 102 valence electrons. The Hall–Kier alpha value is -1.38. The Morgan fingerprint density at radius 2 is 2.00 bits per heavy atom. The van der Waals surface area contributed by atoms with Crippen molar-refractivity contribution in [3.05, 3.63) is 23.5 Å². The molecule has 0 unspecified atom stereocenters. The second-order valence-electron chi connectivity index (χ2n) is 3.61. The third kappa shape index (κ3) is 2.40. The van der Waals surface area contributed by atoms with Crippen LogP contribution in [-0.2, 0) is 29.0 Å². The van der Waals surface area contributed by atoms with E-state index in [9.17, 15) is 13.2 Å². The average molecular weight is 277 g/mol. The standard InChI is InChI=1S/C10H15NO6S/c1-15-8-4-5-10(17-3,18(11,13)14)6-7(8)9(12)16-2/h4-5H,6H2,1-3H3,(H2,11,13,14)/t10-/m0/s1. The lowest BCUT2D eigenvalue weighted by Gasteiger charge is -2.30. The molecule has 0 saturated carbocycles. The summed E-state index contributed by atoms with van der Waals surface area (Å²) < 4.78 is 37.7. The lowest BCUT2D eigenvalue weighted by Crippen LogP contribution is -2.45. The third-order valence-corrected chi connectivity index (χ3v) is 4.10. The molecule has 8 heteroatoms. The molecule has 7 nitrogen and oxygen atoms in total. The molecule has 2 N–H and O–H groups in total. The smallest absolute Gasteiger partial charge is 0.337 e. The number of sulfonamides is 1. The molecule has 0 fully saturated rings. The van der Waals surface area contributed by atoms with Gasteiger partial charge in [0, 0.05) is 13.5 Å². The lowest BCUT2D eigenvalue weighted by molar-refractivity contribution is -0.136. The maximum atomic E-state index is 11.6. The van der Waals surface area contributed by atoms with Gasteiger partial charge in [-0.1, -0.05) is 0 Å². The third-order valence-electron chi connectivity index (χ3n) is 2.69. The minimum Gasteiger partial charge on any atom is -0.496 e. The Morgan fingerprint density at radius 3 is 2.39 bits per heavy atom. The molecule has 1 aliphatic carbocycles. The van der Waals surface area contributed by atoms with Crippen LogP contribution in [0.4, 0.5) is 0 Å². The molecular weight excluding hydrogens is 262 g/mol. The molecule has 0 aromatic rings. The molecule has 0 heterocycles. The molecule has 0 aromatic carbocycles. The fourth-order valence-electron chi connectivity index (χ4n) is 1.63. The van der Waals surface area contributed by atoms with Crippen molar-refractivity contribution in [2.45, 2.75) is 11.4 Å². The van der Waals surface area contributed by atoms with Crippen LogP contribution >= 0.6 is 0 Å². The predicted molar refractivity (Wildman–Crippen MR) is 62.7 cm³/mol. The van der Waals surface area contributed by atoms with Crippen molar-refractivity contribution in [1.29, 1.82) is 0 Å². The number of primary sulfonamides is 1. The number of nitrogens with two attached hydrogens (primary N) is 1. The number of esters is 1. The largest absolute Gasteiger partial charge is 0.496 e. The summed E-state index contributed by atoms with van der Waals surface area (Å²) in [4.78, 5) is 9.80. The van der Waals surface area contributed by atoms with Crippen molar-refractivity contribution in [2.75, 3.05) is 21.3 Å². The first-order chi connectivity index (χ1) is 8.31. The summed E-state index contributed by atoms with van der Waals surface area (Å²) in [6.07, 6.45) is 2.30. The Kier molecular flexibility index (Phi) is 4.15. The molecule has 0 spiro atoms. The molecule has 0 saturated heterocycles. The molecule has 0 radical (unpaired) electrons. The number of ether oxygens (including phenoxy) is 3. The van der Waals surface area contributed by atoms with Gasteiger partial charge in [0.2, 0.25) is 15.0 Å². The zero-order valence-electron chi connectivity index (χ0n) is 10.3. The highest BCUT2D eigenvalue weighted by Gasteiger charge is 2.44. The van der Waals surface area contributed by atoms with Gasteiger partial charge in [-0.25, -0.2) is 18.4 Å². The summed E-state index contributed by atoms with van der Waals surface area (Å²) in [5, 5.41) is 5.13. The van der Waals surface area contributed by atoms with E-state index in [1.165, 1.54) is 33.5 Å². The summed E-state index contributed by atoms with van der Waals surface area (Å²) in [7, 11) is -0.307. The maximum absolute atomic E-state index is 11.6. The molecule has 0 aliphatic heterocycles.